The summed E-state index contributed by atoms with van der Waals surface area (Å²) in [6.45, 7) is 3.57. The molecule has 0 atom stereocenters. The lowest BCUT2D eigenvalue weighted by Crippen LogP contribution is -2.31. The molecule has 0 aliphatic carbocycles. The van der Waals surface area contributed by atoms with Crippen LogP contribution in [0.3, 0.4) is 0 Å². The highest BCUT2D eigenvalue weighted by molar-refractivity contribution is 7.90. The fourth-order valence-electron chi connectivity index (χ4n) is 3.69. The average molecular weight is 680 g/mol. The monoisotopic (exact) mass is 679 g/mol. The molecule has 0 spiro atoms. The van der Waals surface area contributed by atoms with Crippen molar-refractivity contribution in [3.63, 3.8) is 0 Å². The Balaban J connectivity index is 0.000000251. The largest absolute Gasteiger partial charge is 0.505 e. The van der Waals surface area contributed by atoms with Crippen molar-refractivity contribution in [2.45, 2.75) is 19.9 Å². The van der Waals surface area contributed by atoms with Gasteiger partial charge in [0.2, 0.25) is 5.84 Å². The Morgan fingerprint density at radius 1 is 0.826 bits per heavy atom. The van der Waals surface area contributed by atoms with E-state index < -0.39 is 26.3 Å². The first-order chi connectivity index (χ1) is 21.4. The molecule has 2 heterocycles. The number of phenols is 2. The Hall–Kier alpha value is -5.24. The third kappa shape index (κ3) is 8.47. The molecule has 0 saturated carbocycles. The number of anilines is 2. The molecule has 5 N–H and O–H groups in total. The van der Waals surface area contributed by atoms with Crippen LogP contribution in [-0.4, -0.2) is 113 Å². The highest BCUT2D eigenvalue weighted by atomic mass is 32.2. The zero-order chi connectivity index (χ0) is 34.6. The van der Waals surface area contributed by atoms with Crippen molar-refractivity contribution in [1.82, 2.24) is 14.5 Å². The number of para-hydroxylation sites is 2. The number of aromatic hydroxyl groups is 2. The van der Waals surface area contributed by atoms with Gasteiger partial charge >= 0.3 is 20.4 Å². The quantitative estimate of drug-likeness (QED) is 0.276. The smallest absolute Gasteiger partial charge is 0.368 e. The van der Waals surface area contributed by atoms with Crippen LogP contribution in [0.15, 0.2) is 54.6 Å². The minimum absolute atomic E-state index is 0.0477. The summed E-state index contributed by atoms with van der Waals surface area (Å²) in [4.78, 5) is 30.8. The number of aliphatic imine (C=N–C) groups is 1. The SMILES string of the molecule is CC(C)N=C1NS(=O)(=O)N=C1Nc1cccc(C(=O)N(C)C)c1O.COC1=NS(=O)(=O)N=C1Nc1cccc(C(=O)N(C)C)c1O. The zero-order valence-corrected chi connectivity index (χ0v) is 27.4. The normalized spacial score (nSPS) is 16.7. The van der Waals surface area contributed by atoms with Crippen molar-refractivity contribution in [2.75, 3.05) is 45.9 Å². The molecule has 2 amide bonds. The first-order valence-corrected chi connectivity index (χ1v) is 16.0. The molecule has 2 aliphatic rings. The topological polar surface area (TPSA) is 244 Å². The number of methoxy groups -OCH3 is 1. The van der Waals surface area contributed by atoms with Crippen molar-refractivity contribution in [1.29, 1.82) is 0 Å². The number of hydrogen-bond acceptors (Lipinski definition) is 12. The second-order valence-electron chi connectivity index (χ2n) is 10.1. The van der Waals surface area contributed by atoms with Gasteiger partial charge in [-0.3, -0.25) is 14.6 Å². The van der Waals surface area contributed by atoms with Gasteiger partial charge in [-0.1, -0.05) is 12.1 Å². The minimum atomic E-state index is -4.00. The van der Waals surface area contributed by atoms with Crippen molar-refractivity contribution in [3.05, 3.63) is 47.5 Å². The number of benzene rings is 2. The number of amidine groups is 3. The van der Waals surface area contributed by atoms with Gasteiger partial charge in [-0.25, -0.2) is 4.72 Å². The van der Waals surface area contributed by atoms with Crippen LogP contribution < -0.4 is 15.4 Å². The average Bonchev–Trinajstić information content (AvgIpc) is 3.41. The van der Waals surface area contributed by atoms with Crippen LogP contribution in [0, 0.1) is 0 Å². The molecule has 0 fully saturated rings. The number of carbonyl (C=O) groups excluding carboxylic acids is 2. The number of amides is 2. The molecular formula is C26H33N9O9S2. The molecule has 2 aromatic carbocycles. The van der Waals surface area contributed by atoms with Crippen molar-refractivity contribution < 1.29 is 41.4 Å². The van der Waals surface area contributed by atoms with Crippen LogP contribution in [0.1, 0.15) is 34.6 Å². The van der Waals surface area contributed by atoms with Gasteiger partial charge in [-0.2, -0.15) is 16.8 Å². The molecular weight excluding hydrogens is 646 g/mol. The molecule has 0 bridgehead atoms. The number of carbonyl (C=O) groups is 2. The Morgan fingerprint density at radius 3 is 1.74 bits per heavy atom. The van der Waals surface area contributed by atoms with Crippen molar-refractivity contribution in [3.8, 4) is 11.5 Å². The van der Waals surface area contributed by atoms with Crippen LogP contribution in [0.4, 0.5) is 11.4 Å². The molecule has 4 rings (SSSR count). The number of nitrogens with zero attached hydrogens (tertiary/aromatic N) is 6. The molecule has 18 nitrogen and oxygen atoms in total. The first-order valence-electron chi connectivity index (χ1n) is 13.2. The van der Waals surface area contributed by atoms with E-state index in [1.165, 1.54) is 47.2 Å². The second-order valence-corrected chi connectivity index (χ2v) is 12.7. The molecule has 0 radical (unpaired) electrons. The van der Waals surface area contributed by atoms with E-state index in [0.29, 0.717) is 0 Å². The summed E-state index contributed by atoms with van der Waals surface area (Å²) in [5.41, 5.74) is 0.402. The highest BCUT2D eigenvalue weighted by Gasteiger charge is 2.29. The second kappa shape index (κ2) is 13.8. The Bertz CT molecular complexity index is 1880. The number of phenolic OH excluding ortho intramolecular Hbond substituents is 2. The van der Waals surface area contributed by atoms with Crippen molar-refractivity contribution in [2.24, 2.45) is 18.2 Å². The molecule has 46 heavy (non-hydrogen) atoms. The third-order valence-corrected chi connectivity index (χ3v) is 7.39. The number of rotatable bonds is 5. The van der Waals surface area contributed by atoms with E-state index in [4.69, 9.17) is 4.74 Å². The summed E-state index contributed by atoms with van der Waals surface area (Å²) in [5, 5.41) is 25.8. The van der Waals surface area contributed by atoms with E-state index in [1.54, 1.807) is 48.1 Å². The molecule has 20 heteroatoms. The van der Waals surface area contributed by atoms with E-state index >= 15 is 0 Å². The summed E-state index contributed by atoms with van der Waals surface area (Å²) in [7, 11) is -0.416. The number of nitrogens with one attached hydrogen (secondary N) is 3. The number of hydrogen-bond donors (Lipinski definition) is 5. The van der Waals surface area contributed by atoms with E-state index in [0.717, 1.165) is 0 Å². The lowest BCUT2D eigenvalue weighted by atomic mass is 10.1. The van der Waals surface area contributed by atoms with Gasteiger partial charge in [0, 0.05) is 34.2 Å². The van der Waals surface area contributed by atoms with E-state index in [9.17, 15) is 36.6 Å². The zero-order valence-electron chi connectivity index (χ0n) is 25.8. The van der Waals surface area contributed by atoms with Gasteiger partial charge in [-0.05, 0) is 38.1 Å². The van der Waals surface area contributed by atoms with Crippen LogP contribution in [-0.2, 0) is 25.2 Å². The van der Waals surface area contributed by atoms with Crippen LogP contribution in [0.2, 0.25) is 0 Å². The minimum Gasteiger partial charge on any atom is -0.505 e. The maximum absolute atomic E-state index is 12.0. The van der Waals surface area contributed by atoms with Gasteiger partial charge < -0.3 is 35.4 Å². The van der Waals surface area contributed by atoms with E-state index in [2.05, 4.69) is 33.5 Å². The van der Waals surface area contributed by atoms with Gasteiger partial charge in [-0.15, -0.1) is 13.2 Å². The Labute approximate surface area is 265 Å². The summed E-state index contributed by atoms with van der Waals surface area (Å²) < 4.78 is 63.1. The number of ether oxygens (including phenoxy) is 1. The molecule has 2 aliphatic heterocycles. The van der Waals surface area contributed by atoms with E-state index in [1.807, 2.05) is 0 Å². The fraction of sp³-hybridized carbons (Fsp3) is 0.308. The summed E-state index contributed by atoms with van der Waals surface area (Å²) >= 11 is 0. The lowest BCUT2D eigenvalue weighted by molar-refractivity contribution is 0.0817. The maximum atomic E-state index is 12.0. The Morgan fingerprint density at radius 2 is 1.30 bits per heavy atom. The molecule has 0 aromatic heterocycles. The predicted molar refractivity (Wildman–Crippen MR) is 172 cm³/mol. The molecule has 0 saturated heterocycles. The van der Waals surface area contributed by atoms with Crippen LogP contribution in [0.25, 0.3) is 0 Å². The highest BCUT2D eigenvalue weighted by Crippen LogP contribution is 2.30. The van der Waals surface area contributed by atoms with Gasteiger partial charge in [0.25, 0.3) is 17.7 Å². The van der Waals surface area contributed by atoms with E-state index in [-0.39, 0.29) is 69.4 Å². The van der Waals surface area contributed by atoms with Gasteiger partial charge in [0.1, 0.15) is 0 Å². The van der Waals surface area contributed by atoms with Crippen molar-refractivity contribution >= 4 is 67.0 Å². The standard InChI is InChI=1S/C14H19N5O4S.C12H14N4O5S/c1-8(2)15-12-13(18-24(22,23)17-12)16-10-7-5-6-9(11(10)20)14(21)19(3)4;1-16(2)12(18)7-5-4-6-8(9(7)17)13-10-11(21-3)15-22(19,20)14-10/h5-8,20H,1-4H3,(H,15,17)(H,16,18);4-6,17H,1-3H3,(H,13,14). The lowest BCUT2D eigenvalue weighted by Gasteiger charge is -2.14. The van der Waals surface area contributed by atoms with Crippen LogP contribution in [0.5, 0.6) is 11.5 Å². The molecule has 2 aromatic rings. The summed E-state index contributed by atoms with van der Waals surface area (Å²) in [6, 6.07) is 8.81. The summed E-state index contributed by atoms with van der Waals surface area (Å²) in [6.07, 6.45) is 0. The predicted octanol–water partition coefficient (Wildman–Crippen LogP) is 0.767. The fourth-order valence-corrected chi connectivity index (χ4v) is 5.27. The Kier molecular flexibility index (Phi) is 10.6. The van der Waals surface area contributed by atoms with Gasteiger partial charge in [0.05, 0.1) is 29.6 Å². The maximum Gasteiger partial charge on any atom is 0.368 e. The molecule has 0 unspecified atom stereocenters. The molecule has 248 valence electrons. The summed E-state index contributed by atoms with van der Waals surface area (Å²) in [5.74, 6) is -1.82. The van der Waals surface area contributed by atoms with Crippen LogP contribution >= 0.6 is 0 Å². The van der Waals surface area contributed by atoms with Gasteiger partial charge in [0.15, 0.2) is 23.2 Å². The first kappa shape index (κ1) is 35.2. The third-order valence-electron chi connectivity index (χ3n) is 5.70.